The number of esters is 1. The first-order chi connectivity index (χ1) is 3.63. The molecule has 0 fully saturated rings. The summed E-state index contributed by atoms with van der Waals surface area (Å²) in [5.74, 6) is -1.72. The first-order valence-electron chi connectivity index (χ1n) is 1.98. The normalized spacial score (nSPS) is 7.22. The molecule has 0 aromatic rings. The molecule has 1 N–H and O–H groups in total. The van der Waals surface area contributed by atoms with E-state index in [1.807, 2.05) is 0 Å². The maximum absolute atomic E-state index is 9.86. The van der Waals surface area contributed by atoms with Crippen molar-refractivity contribution >= 4 is 41.5 Å². The van der Waals surface area contributed by atoms with Gasteiger partial charge in [0.05, 0.1) is 0 Å². The second-order valence-corrected chi connectivity index (χ2v) is 1.17. The topological polar surface area (TPSA) is 63.6 Å². The molecule has 0 spiro atoms. The largest absolute Gasteiger partial charge is 0.479 e. The van der Waals surface area contributed by atoms with Crippen LogP contribution in [0, 0.1) is 0 Å². The van der Waals surface area contributed by atoms with Gasteiger partial charge in [-0.2, -0.15) is 0 Å². The fraction of sp³-hybridized carbons (Fsp3) is 0.500. The molecular formula is C4H6NaO4. The zero-order valence-electron chi connectivity index (χ0n) is 5.38. The van der Waals surface area contributed by atoms with Crippen LogP contribution in [0.5, 0.6) is 0 Å². The van der Waals surface area contributed by atoms with Crippen molar-refractivity contribution in [2.24, 2.45) is 0 Å². The van der Waals surface area contributed by atoms with Gasteiger partial charge >= 0.3 is 11.9 Å². The van der Waals surface area contributed by atoms with Gasteiger partial charge in [-0.1, -0.05) is 0 Å². The summed E-state index contributed by atoms with van der Waals surface area (Å²) in [6.45, 7) is 0.609. The molecule has 0 unspecified atom stereocenters. The summed E-state index contributed by atoms with van der Waals surface area (Å²) in [7, 11) is 0. The first-order valence-corrected chi connectivity index (χ1v) is 1.98. The average molecular weight is 141 g/mol. The summed E-state index contributed by atoms with van der Waals surface area (Å²) in [5.41, 5.74) is 0. The summed E-state index contributed by atoms with van der Waals surface area (Å²) in [4.78, 5) is 19.5. The van der Waals surface area contributed by atoms with Crippen molar-refractivity contribution < 1.29 is 19.4 Å². The van der Waals surface area contributed by atoms with Gasteiger partial charge in [-0.25, -0.2) is 4.79 Å². The van der Waals surface area contributed by atoms with Crippen molar-refractivity contribution in [2.45, 2.75) is 6.92 Å². The monoisotopic (exact) mass is 141 g/mol. The first kappa shape index (κ1) is 11.7. The molecule has 0 bridgehead atoms. The summed E-state index contributed by atoms with van der Waals surface area (Å²) < 4.78 is 4.06. The van der Waals surface area contributed by atoms with Crippen LogP contribution in [0.4, 0.5) is 0 Å². The number of carboxylic acids is 1. The second-order valence-electron chi connectivity index (χ2n) is 1.17. The Labute approximate surface area is 74.5 Å². The van der Waals surface area contributed by atoms with E-state index in [0.717, 1.165) is 6.92 Å². The van der Waals surface area contributed by atoms with Gasteiger partial charge in [-0.05, 0) is 0 Å². The molecule has 9 heavy (non-hydrogen) atoms. The maximum Gasteiger partial charge on any atom is 0.341 e. The molecule has 0 amide bonds. The minimum Gasteiger partial charge on any atom is -0.479 e. The summed E-state index contributed by atoms with van der Waals surface area (Å²) >= 11 is 0. The van der Waals surface area contributed by atoms with E-state index in [1.165, 1.54) is 0 Å². The fourth-order valence-electron chi connectivity index (χ4n) is 0.163. The third-order valence-corrected chi connectivity index (χ3v) is 0.399. The molecule has 47 valence electrons. The number of aliphatic carboxylic acids is 1. The van der Waals surface area contributed by atoms with Crippen LogP contribution in [0.1, 0.15) is 6.92 Å². The molecule has 0 aliphatic rings. The zero-order valence-corrected chi connectivity index (χ0v) is 7.38. The van der Waals surface area contributed by atoms with Crippen LogP contribution in [-0.4, -0.2) is 53.2 Å². The minimum absolute atomic E-state index is 0. The molecular weight excluding hydrogens is 135 g/mol. The number of hydrogen-bond acceptors (Lipinski definition) is 3. The summed E-state index contributed by atoms with van der Waals surface area (Å²) in [5, 5.41) is 7.89. The van der Waals surface area contributed by atoms with Crippen LogP contribution in [0.3, 0.4) is 0 Å². The van der Waals surface area contributed by atoms with Gasteiger partial charge in [0.25, 0.3) is 0 Å². The molecule has 5 heteroatoms. The number of hydrogen-bond donors (Lipinski definition) is 1. The van der Waals surface area contributed by atoms with E-state index in [2.05, 4.69) is 4.74 Å². The Balaban J connectivity index is 0. The van der Waals surface area contributed by atoms with Gasteiger partial charge in [-0.3, -0.25) is 4.79 Å². The molecule has 0 aliphatic carbocycles. The Morgan fingerprint density at radius 2 is 2.00 bits per heavy atom. The number of carbonyl (C=O) groups is 2. The molecule has 0 rings (SSSR count). The second kappa shape index (κ2) is 6.07. The van der Waals surface area contributed by atoms with E-state index in [-0.39, 0.29) is 29.6 Å². The molecule has 0 saturated heterocycles. The Morgan fingerprint density at radius 3 is 2.11 bits per heavy atom. The van der Waals surface area contributed by atoms with Crippen molar-refractivity contribution in [1.82, 2.24) is 0 Å². The van der Waals surface area contributed by atoms with Gasteiger partial charge in [0, 0.05) is 36.5 Å². The van der Waals surface area contributed by atoms with E-state index >= 15 is 0 Å². The quantitative estimate of drug-likeness (QED) is 0.406. The van der Waals surface area contributed by atoms with Crippen molar-refractivity contribution in [3.63, 3.8) is 0 Å². The van der Waals surface area contributed by atoms with Crippen LogP contribution in [0.15, 0.2) is 0 Å². The van der Waals surface area contributed by atoms with Crippen LogP contribution < -0.4 is 0 Å². The standard InChI is InChI=1S/C4H6O4.Na/c1-3(5)8-2-4(6)7;/h2H2,1H3,(H,6,7);. The Bertz CT molecular complexity index is 97.1. The average Bonchev–Trinajstić information content (AvgIpc) is 1.61. The van der Waals surface area contributed by atoms with Crippen molar-refractivity contribution in [2.75, 3.05) is 6.61 Å². The van der Waals surface area contributed by atoms with Crippen LogP contribution >= 0.6 is 0 Å². The van der Waals surface area contributed by atoms with Gasteiger partial charge in [-0.15, -0.1) is 0 Å². The van der Waals surface area contributed by atoms with Crippen LogP contribution in [0.2, 0.25) is 0 Å². The van der Waals surface area contributed by atoms with E-state index in [0.29, 0.717) is 0 Å². The van der Waals surface area contributed by atoms with Gasteiger partial charge in [0.1, 0.15) is 0 Å². The molecule has 4 nitrogen and oxygen atoms in total. The number of ether oxygens (including phenoxy) is 1. The molecule has 0 atom stereocenters. The predicted molar refractivity (Wildman–Crippen MR) is 30.0 cm³/mol. The van der Waals surface area contributed by atoms with Crippen LogP contribution in [0.25, 0.3) is 0 Å². The third kappa shape index (κ3) is 11.5. The maximum atomic E-state index is 9.86. The van der Waals surface area contributed by atoms with Gasteiger partial charge in [0.15, 0.2) is 6.61 Å². The zero-order chi connectivity index (χ0) is 6.57. The number of rotatable bonds is 2. The van der Waals surface area contributed by atoms with Crippen molar-refractivity contribution in [1.29, 1.82) is 0 Å². The van der Waals surface area contributed by atoms with Gasteiger partial charge < -0.3 is 9.84 Å². The van der Waals surface area contributed by atoms with E-state index in [1.54, 1.807) is 0 Å². The van der Waals surface area contributed by atoms with E-state index < -0.39 is 18.5 Å². The molecule has 1 radical (unpaired) electrons. The summed E-state index contributed by atoms with van der Waals surface area (Å²) in [6.07, 6.45) is 0. The van der Waals surface area contributed by atoms with E-state index in [9.17, 15) is 9.59 Å². The fourth-order valence-corrected chi connectivity index (χ4v) is 0.163. The Hall–Kier alpha value is -0.0600. The summed E-state index contributed by atoms with van der Waals surface area (Å²) in [6, 6.07) is 0. The Kier molecular flexibility index (Phi) is 7.89. The predicted octanol–water partition coefficient (Wildman–Crippen LogP) is -0.747. The molecule has 0 heterocycles. The molecule has 0 aromatic carbocycles. The van der Waals surface area contributed by atoms with Gasteiger partial charge in [0.2, 0.25) is 0 Å². The van der Waals surface area contributed by atoms with Crippen molar-refractivity contribution in [3.8, 4) is 0 Å². The van der Waals surface area contributed by atoms with E-state index in [4.69, 9.17) is 5.11 Å². The minimum atomic E-state index is -1.14. The molecule has 0 saturated carbocycles. The van der Waals surface area contributed by atoms with Crippen molar-refractivity contribution in [3.05, 3.63) is 0 Å². The van der Waals surface area contributed by atoms with Crippen LogP contribution in [-0.2, 0) is 14.3 Å². The smallest absolute Gasteiger partial charge is 0.341 e. The number of carbonyl (C=O) groups excluding carboxylic acids is 1. The molecule has 0 aromatic heterocycles. The SMILES string of the molecule is CC(=O)OCC(=O)O.[Na]. The molecule has 0 aliphatic heterocycles. The third-order valence-electron chi connectivity index (χ3n) is 0.399. The number of carboxylic acid groups (broad SMARTS) is 1. The Morgan fingerprint density at radius 1 is 1.56 bits per heavy atom.